The number of hydrogen-bond acceptors (Lipinski definition) is 4. The van der Waals surface area contributed by atoms with E-state index in [9.17, 15) is 14.3 Å². The second-order valence-corrected chi connectivity index (χ2v) is 7.25. The molecule has 2 aromatic rings. The van der Waals surface area contributed by atoms with Crippen molar-refractivity contribution in [2.75, 3.05) is 32.8 Å². The van der Waals surface area contributed by atoms with Gasteiger partial charge in [-0.2, -0.15) is 0 Å². The molecule has 27 heavy (non-hydrogen) atoms. The average molecular weight is 372 g/mol. The van der Waals surface area contributed by atoms with Crippen molar-refractivity contribution >= 4 is 5.78 Å². The Kier molecular flexibility index (Phi) is 4.85. The summed E-state index contributed by atoms with van der Waals surface area (Å²) in [6, 6.07) is 11.3. The number of nitrogens with one attached hydrogen (secondary N) is 1. The normalized spacial score (nSPS) is 24.0. The molecule has 2 aliphatic heterocycles. The number of ketones is 1. The van der Waals surface area contributed by atoms with E-state index >= 15 is 0 Å². The Morgan fingerprint density at radius 1 is 1.11 bits per heavy atom. The van der Waals surface area contributed by atoms with Crippen molar-refractivity contribution in [2.45, 2.75) is 18.4 Å². The summed E-state index contributed by atoms with van der Waals surface area (Å²) in [5, 5.41) is 10.9. The Hall–Kier alpha value is -2.44. The van der Waals surface area contributed by atoms with Gasteiger partial charge in [-0.15, -0.1) is 0 Å². The number of rotatable bonds is 5. The molecule has 4 rings (SSSR count). The van der Waals surface area contributed by atoms with Gasteiger partial charge in [0.05, 0.1) is 19.5 Å². The van der Waals surface area contributed by atoms with E-state index in [4.69, 9.17) is 9.47 Å². The maximum absolute atomic E-state index is 13.1. The van der Waals surface area contributed by atoms with Gasteiger partial charge < -0.3 is 19.5 Å². The summed E-state index contributed by atoms with van der Waals surface area (Å²) in [5.41, 5.74) is 0.395. The van der Waals surface area contributed by atoms with Crippen LogP contribution in [0.15, 0.2) is 42.5 Å². The van der Waals surface area contributed by atoms with E-state index in [-0.39, 0.29) is 11.6 Å². The Bertz CT molecular complexity index is 839. The lowest BCUT2D eigenvalue weighted by molar-refractivity contribution is -0.890. The molecule has 2 atom stereocenters. The molecule has 2 N–H and O–H groups in total. The summed E-state index contributed by atoms with van der Waals surface area (Å²) >= 11 is 0. The molecule has 0 amide bonds. The zero-order valence-electron chi connectivity index (χ0n) is 15.0. The number of aliphatic hydroxyl groups is 1. The fourth-order valence-corrected chi connectivity index (χ4v) is 3.85. The molecule has 2 aromatic carbocycles. The standard InChI is InChI=1S/C21H22FNO4/c22-17-4-2-16(3-5-17)21(25)8-10-23(14-21)9-7-18(24)15-1-6-19-20(13-15)27-12-11-26-19/h1-6,13,25H,7-12,14H2/p+1/t21-/m0/s1. The minimum absolute atomic E-state index is 0.0525. The maximum Gasteiger partial charge on any atom is 0.168 e. The molecule has 1 fully saturated rings. The van der Waals surface area contributed by atoms with Gasteiger partial charge >= 0.3 is 0 Å². The van der Waals surface area contributed by atoms with Crippen LogP contribution >= 0.6 is 0 Å². The van der Waals surface area contributed by atoms with E-state index in [2.05, 4.69) is 0 Å². The second kappa shape index (κ2) is 7.29. The molecule has 0 saturated carbocycles. The van der Waals surface area contributed by atoms with Gasteiger partial charge in [0.15, 0.2) is 17.3 Å². The molecule has 6 heteroatoms. The monoisotopic (exact) mass is 372 g/mol. The molecular formula is C21H23FNO4+. The quantitative estimate of drug-likeness (QED) is 0.778. The predicted octanol–water partition coefficient (Wildman–Crippen LogP) is 1.35. The van der Waals surface area contributed by atoms with Crippen molar-refractivity contribution < 1.29 is 28.7 Å². The Morgan fingerprint density at radius 3 is 2.63 bits per heavy atom. The highest BCUT2D eigenvalue weighted by molar-refractivity contribution is 5.96. The number of halogens is 1. The fourth-order valence-electron chi connectivity index (χ4n) is 3.85. The summed E-state index contributed by atoms with van der Waals surface area (Å²) in [5.74, 6) is 1.03. The van der Waals surface area contributed by atoms with E-state index in [1.165, 1.54) is 17.0 Å². The molecule has 0 aliphatic carbocycles. The lowest BCUT2D eigenvalue weighted by atomic mass is 9.93. The highest BCUT2D eigenvalue weighted by Gasteiger charge is 2.41. The predicted molar refractivity (Wildman–Crippen MR) is 96.9 cm³/mol. The maximum atomic E-state index is 13.1. The lowest BCUT2D eigenvalue weighted by Gasteiger charge is -2.21. The van der Waals surface area contributed by atoms with Crippen LogP contribution in [-0.4, -0.2) is 43.7 Å². The van der Waals surface area contributed by atoms with Gasteiger partial charge in [0.1, 0.15) is 31.2 Å². The first-order chi connectivity index (χ1) is 13.0. The minimum atomic E-state index is -0.955. The number of hydrogen-bond donors (Lipinski definition) is 2. The third-order valence-electron chi connectivity index (χ3n) is 5.39. The number of carbonyl (C=O) groups is 1. The van der Waals surface area contributed by atoms with Crippen LogP contribution in [0.3, 0.4) is 0 Å². The fraction of sp³-hybridized carbons (Fsp3) is 0.381. The molecule has 142 valence electrons. The summed E-state index contributed by atoms with van der Waals surface area (Å²) < 4.78 is 24.1. The van der Waals surface area contributed by atoms with Crippen LogP contribution in [0.5, 0.6) is 11.5 Å². The summed E-state index contributed by atoms with van der Waals surface area (Å²) in [4.78, 5) is 13.7. The van der Waals surface area contributed by atoms with Crippen LogP contribution in [-0.2, 0) is 5.60 Å². The van der Waals surface area contributed by atoms with E-state index < -0.39 is 5.60 Å². The average Bonchev–Trinajstić information content (AvgIpc) is 3.08. The summed E-state index contributed by atoms with van der Waals surface area (Å²) in [6.07, 6.45) is 1.00. The van der Waals surface area contributed by atoms with Gasteiger partial charge in [-0.25, -0.2) is 4.39 Å². The van der Waals surface area contributed by atoms with Crippen molar-refractivity contribution in [2.24, 2.45) is 0 Å². The third kappa shape index (κ3) is 3.82. The highest BCUT2D eigenvalue weighted by Crippen LogP contribution is 2.31. The van der Waals surface area contributed by atoms with Gasteiger partial charge in [-0.3, -0.25) is 4.79 Å². The number of quaternary nitrogens is 1. The molecule has 2 aliphatic rings. The zero-order valence-corrected chi connectivity index (χ0v) is 15.0. The number of benzene rings is 2. The van der Waals surface area contributed by atoms with Gasteiger partial charge in [-0.1, -0.05) is 12.1 Å². The van der Waals surface area contributed by atoms with E-state index in [0.717, 1.165) is 12.1 Å². The molecule has 1 saturated heterocycles. The van der Waals surface area contributed by atoms with E-state index in [1.54, 1.807) is 30.3 Å². The van der Waals surface area contributed by atoms with Crippen molar-refractivity contribution in [1.82, 2.24) is 0 Å². The number of ether oxygens (including phenoxy) is 2. The molecule has 0 spiro atoms. The topological polar surface area (TPSA) is 60.2 Å². The number of Topliss-reactive ketones (excluding diaryl/α,β-unsaturated/α-hetero) is 1. The molecule has 0 bridgehead atoms. The molecule has 5 nitrogen and oxygen atoms in total. The molecule has 0 aromatic heterocycles. The molecule has 0 radical (unpaired) electrons. The number of carbonyl (C=O) groups excluding carboxylic acids is 1. The van der Waals surface area contributed by atoms with Crippen LogP contribution in [0.25, 0.3) is 0 Å². The summed E-state index contributed by atoms with van der Waals surface area (Å²) in [6.45, 7) is 2.96. The lowest BCUT2D eigenvalue weighted by Crippen LogP contribution is -3.10. The Balaban J connectivity index is 1.35. The minimum Gasteiger partial charge on any atom is -0.486 e. The second-order valence-electron chi connectivity index (χ2n) is 7.25. The van der Waals surface area contributed by atoms with Gasteiger partial charge in [0.25, 0.3) is 0 Å². The van der Waals surface area contributed by atoms with Crippen LogP contribution in [0.2, 0.25) is 0 Å². The summed E-state index contributed by atoms with van der Waals surface area (Å²) in [7, 11) is 0. The van der Waals surface area contributed by atoms with Crippen molar-refractivity contribution in [3.63, 3.8) is 0 Å². The first-order valence-corrected chi connectivity index (χ1v) is 9.28. The van der Waals surface area contributed by atoms with Crippen LogP contribution in [0, 0.1) is 5.82 Å². The first-order valence-electron chi connectivity index (χ1n) is 9.28. The van der Waals surface area contributed by atoms with Crippen LogP contribution in [0.1, 0.15) is 28.8 Å². The molecule has 1 unspecified atom stereocenters. The van der Waals surface area contributed by atoms with Gasteiger partial charge in [0.2, 0.25) is 0 Å². The Labute approximate surface area is 157 Å². The smallest absolute Gasteiger partial charge is 0.168 e. The first kappa shape index (κ1) is 17.9. The zero-order chi connectivity index (χ0) is 18.9. The third-order valence-corrected chi connectivity index (χ3v) is 5.39. The van der Waals surface area contributed by atoms with E-state index in [0.29, 0.717) is 56.2 Å². The Morgan fingerprint density at radius 2 is 1.85 bits per heavy atom. The molecular weight excluding hydrogens is 349 g/mol. The largest absolute Gasteiger partial charge is 0.486 e. The number of fused-ring (bicyclic) bond motifs is 1. The van der Waals surface area contributed by atoms with Gasteiger partial charge in [0, 0.05) is 12.0 Å². The van der Waals surface area contributed by atoms with Crippen molar-refractivity contribution in [3.8, 4) is 11.5 Å². The highest BCUT2D eigenvalue weighted by atomic mass is 19.1. The van der Waals surface area contributed by atoms with Crippen molar-refractivity contribution in [3.05, 3.63) is 59.4 Å². The van der Waals surface area contributed by atoms with Crippen LogP contribution < -0.4 is 14.4 Å². The van der Waals surface area contributed by atoms with E-state index in [1.807, 2.05) is 0 Å². The van der Waals surface area contributed by atoms with Crippen LogP contribution in [0.4, 0.5) is 4.39 Å². The SMILES string of the molecule is O=C(CC[NH+]1CC[C@@](O)(c2ccc(F)cc2)C1)c1ccc2c(c1)OCCO2. The van der Waals surface area contributed by atoms with Crippen molar-refractivity contribution in [1.29, 1.82) is 0 Å². The number of likely N-dealkylation sites (tertiary alicyclic amines) is 1. The molecule has 2 heterocycles. The van der Waals surface area contributed by atoms with Gasteiger partial charge in [-0.05, 0) is 35.9 Å².